The van der Waals surface area contributed by atoms with Gasteiger partial charge in [-0.25, -0.2) is 9.80 Å². The van der Waals surface area contributed by atoms with Gasteiger partial charge in [0.15, 0.2) is 0 Å². The van der Waals surface area contributed by atoms with Crippen molar-refractivity contribution >= 4 is 46.4 Å². The molecule has 0 saturated carbocycles. The highest BCUT2D eigenvalue weighted by Crippen LogP contribution is 2.41. The van der Waals surface area contributed by atoms with E-state index in [-0.39, 0.29) is 0 Å². The summed E-state index contributed by atoms with van der Waals surface area (Å²) in [5.41, 5.74) is 20.2. The van der Waals surface area contributed by atoms with Gasteiger partial charge in [0.25, 0.3) is 23.6 Å². The summed E-state index contributed by atoms with van der Waals surface area (Å²) >= 11 is 0. The number of nitrogens with two attached hydrogens (primary N) is 2. The summed E-state index contributed by atoms with van der Waals surface area (Å²) in [4.78, 5) is 57.1. The van der Waals surface area contributed by atoms with E-state index in [2.05, 4.69) is 0 Å². The second kappa shape index (κ2) is 10.0. The maximum absolute atomic E-state index is 13.8. The predicted molar refractivity (Wildman–Crippen MR) is 176 cm³/mol. The number of amides is 4. The SMILES string of the molecule is Cc1cc(N2C(=O)c3ccc(-c4ccc(N)cc4)cc3C2=O)c(C)c(C)c1N1C(=O)c2ccc(-c3ccc(N)cc3)cc2C1=O. The van der Waals surface area contributed by atoms with Crippen molar-refractivity contribution in [1.29, 1.82) is 0 Å². The van der Waals surface area contributed by atoms with E-state index in [1.165, 1.54) is 9.80 Å². The highest BCUT2D eigenvalue weighted by atomic mass is 16.2. The van der Waals surface area contributed by atoms with E-state index in [0.29, 0.717) is 61.7 Å². The van der Waals surface area contributed by atoms with Crippen LogP contribution in [0.25, 0.3) is 22.3 Å². The molecule has 4 amide bonds. The zero-order valence-electron chi connectivity index (χ0n) is 24.8. The topological polar surface area (TPSA) is 127 Å². The molecular formula is C37H28N4O4. The fraction of sp³-hybridized carbons (Fsp3) is 0.0811. The number of aryl methyl sites for hydroxylation is 1. The van der Waals surface area contributed by atoms with Crippen molar-refractivity contribution in [3.63, 3.8) is 0 Å². The highest BCUT2D eigenvalue weighted by Gasteiger charge is 2.41. The minimum Gasteiger partial charge on any atom is -0.399 e. The summed E-state index contributed by atoms with van der Waals surface area (Å²) < 4.78 is 0. The molecule has 0 radical (unpaired) electrons. The van der Waals surface area contributed by atoms with Gasteiger partial charge in [0.1, 0.15) is 0 Å². The third kappa shape index (κ3) is 4.22. The zero-order valence-corrected chi connectivity index (χ0v) is 24.8. The summed E-state index contributed by atoms with van der Waals surface area (Å²) in [6, 6.07) is 26.7. The molecule has 2 aliphatic rings. The van der Waals surface area contributed by atoms with Gasteiger partial charge in [0, 0.05) is 11.4 Å². The van der Waals surface area contributed by atoms with Gasteiger partial charge in [0.05, 0.1) is 33.6 Å². The lowest BCUT2D eigenvalue weighted by Crippen LogP contribution is -2.33. The normalized spacial score (nSPS) is 13.9. The van der Waals surface area contributed by atoms with Crippen LogP contribution in [0.5, 0.6) is 0 Å². The minimum absolute atomic E-state index is 0.311. The Morgan fingerprint density at radius 1 is 0.444 bits per heavy atom. The van der Waals surface area contributed by atoms with Crippen molar-refractivity contribution in [3.8, 4) is 22.3 Å². The first kappa shape index (κ1) is 27.8. The van der Waals surface area contributed by atoms with E-state index < -0.39 is 23.6 Å². The number of benzene rings is 5. The lowest BCUT2D eigenvalue weighted by molar-refractivity contribution is 0.0909. The Balaban J connectivity index is 1.24. The summed E-state index contributed by atoms with van der Waals surface area (Å²) in [7, 11) is 0. The van der Waals surface area contributed by atoms with Crippen LogP contribution in [-0.4, -0.2) is 23.6 Å². The van der Waals surface area contributed by atoms with Crippen LogP contribution in [0.2, 0.25) is 0 Å². The number of anilines is 4. The molecule has 0 fully saturated rings. The minimum atomic E-state index is -0.433. The largest absolute Gasteiger partial charge is 0.399 e. The van der Waals surface area contributed by atoms with Crippen molar-refractivity contribution < 1.29 is 19.2 Å². The summed E-state index contributed by atoms with van der Waals surface area (Å²) in [6.07, 6.45) is 0. The van der Waals surface area contributed by atoms with E-state index >= 15 is 0 Å². The number of hydrogen-bond donors (Lipinski definition) is 2. The molecule has 5 aromatic carbocycles. The van der Waals surface area contributed by atoms with Crippen LogP contribution in [0, 0.1) is 20.8 Å². The second-order valence-electron chi connectivity index (χ2n) is 11.5. The average molecular weight is 593 g/mol. The molecule has 7 rings (SSSR count). The van der Waals surface area contributed by atoms with Crippen LogP contribution in [0.15, 0.2) is 91.0 Å². The van der Waals surface area contributed by atoms with E-state index in [0.717, 1.165) is 22.3 Å². The van der Waals surface area contributed by atoms with Gasteiger partial charge >= 0.3 is 0 Å². The van der Waals surface area contributed by atoms with Gasteiger partial charge in [-0.1, -0.05) is 36.4 Å². The molecule has 8 nitrogen and oxygen atoms in total. The fourth-order valence-corrected chi connectivity index (χ4v) is 6.24. The monoisotopic (exact) mass is 592 g/mol. The molecule has 0 bridgehead atoms. The quantitative estimate of drug-likeness (QED) is 0.176. The maximum atomic E-state index is 13.8. The lowest BCUT2D eigenvalue weighted by atomic mass is 9.99. The second-order valence-corrected chi connectivity index (χ2v) is 11.5. The van der Waals surface area contributed by atoms with E-state index in [1.807, 2.05) is 36.4 Å². The Kier molecular flexibility index (Phi) is 6.19. The van der Waals surface area contributed by atoms with Gasteiger partial charge < -0.3 is 11.5 Å². The number of nitrogen functional groups attached to an aromatic ring is 2. The van der Waals surface area contributed by atoms with Crippen LogP contribution in [0.1, 0.15) is 58.1 Å². The third-order valence-corrected chi connectivity index (χ3v) is 8.75. The van der Waals surface area contributed by atoms with Crippen molar-refractivity contribution in [3.05, 3.63) is 130 Å². The van der Waals surface area contributed by atoms with Crippen LogP contribution in [0.4, 0.5) is 22.7 Å². The zero-order chi connectivity index (χ0) is 31.7. The Morgan fingerprint density at radius 3 is 1.33 bits per heavy atom. The number of rotatable bonds is 4. The standard InChI is InChI=1S/C37H28N4O4/c1-19-16-32(40-34(42)28-14-8-24(17-30(28)36(40)44)22-4-10-26(38)11-5-22)20(2)21(3)33(19)41-35(43)29-15-9-25(18-31(29)37(41)45)23-6-12-27(39)13-7-23/h4-18H,38-39H2,1-3H3. The number of nitrogens with zero attached hydrogens (tertiary/aromatic N) is 2. The van der Waals surface area contributed by atoms with Crippen LogP contribution < -0.4 is 21.3 Å². The van der Waals surface area contributed by atoms with E-state index in [1.54, 1.807) is 75.4 Å². The van der Waals surface area contributed by atoms with Gasteiger partial charge in [-0.15, -0.1) is 0 Å². The molecule has 0 aliphatic carbocycles. The summed E-state index contributed by atoms with van der Waals surface area (Å²) in [5, 5.41) is 0. The van der Waals surface area contributed by atoms with E-state index in [9.17, 15) is 19.2 Å². The predicted octanol–water partition coefficient (Wildman–Crippen LogP) is 6.71. The Labute approximate surface area is 259 Å². The first-order valence-corrected chi connectivity index (χ1v) is 14.4. The molecular weight excluding hydrogens is 564 g/mol. The molecule has 0 unspecified atom stereocenters. The van der Waals surface area contributed by atoms with E-state index in [4.69, 9.17) is 11.5 Å². The molecule has 0 spiro atoms. The average Bonchev–Trinajstić information content (AvgIpc) is 3.43. The number of imide groups is 2. The Morgan fingerprint density at radius 2 is 0.844 bits per heavy atom. The first-order chi connectivity index (χ1) is 21.5. The molecule has 5 aromatic rings. The molecule has 4 N–H and O–H groups in total. The Bertz CT molecular complexity index is 2130. The maximum Gasteiger partial charge on any atom is 0.266 e. The number of hydrogen-bond acceptors (Lipinski definition) is 6. The fourth-order valence-electron chi connectivity index (χ4n) is 6.24. The molecule has 8 heteroatoms. The van der Waals surface area contributed by atoms with Gasteiger partial charge in [-0.3, -0.25) is 19.2 Å². The molecule has 2 heterocycles. The van der Waals surface area contributed by atoms with Gasteiger partial charge in [-0.05, 0) is 114 Å². The number of fused-ring (bicyclic) bond motifs is 2. The van der Waals surface area contributed by atoms with Crippen LogP contribution >= 0.6 is 0 Å². The molecule has 45 heavy (non-hydrogen) atoms. The third-order valence-electron chi connectivity index (χ3n) is 8.75. The number of carbonyl (C=O) groups is 4. The molecule has 220 valence electrons. The van der Waals surface area contributed by atoms with Crippen LogP contribution in [0.3, 0.4) is 0 Å². The van der Waals surface area contributed by atoms with Gasteiger partial charge in [0.2, 0.25) is 0 Å². The number of carbonyl (C=O) groups excluding carboxylic acids is 4. The molecule has 0 aromatic heterocycles. The molecule has 2 aliphatic heterocycles. The summed E-state index contributed by atoms with van der Waals surface area (Å²) in [6.45, 7) is 5.35. The van der Waals surface area contributed by atoms with Crippen molar-refractivity contribution in [1.82, 2.24) is 0 Å². The van der Waals surface area contributed by atoms with Crippen molar-refractivity contribution in [2.75, 3.05) is 21.3 Å². The molecule has 0 saturated heterocycles. The lowest BCUT2D eigenvalue weighted by Gasteiger charge is -2.25. The summed E-state index contributed by atoms with van der Waals surface area (Å²) in [5.74, 6) is -1.71. The Hall–Kier alpha value is -6.02. The van der Waals surface area contributed by atoms with Crippen molar-refractivity contribution in [2.45, 2.75) is 20.8 Å². The van der Waals surface area contributed by atoms with Crippen LogP contribution in [-0.2, 0) is 0 Å². The smallest absolute Gasteiger partial charge is 0.266 e. The first-order valence-electron chi connectivity index (χ1n) is 14.4. The molecule has 0 atom stereocenters. The highest BCUT2D eigenvalue weighted by molar-refractivity contribution is 6.36. The van der Waals surface area contributed by atoms with Gasteiger partial charge in [-0.2, -0.15) is 0 Å². The van der Waals surface area contributed by atoms with Crippen molar-refractivity contribution in [2.24, 2.45) is 0 Å².